The second kappa shape index (κ2) is 8.83. The number of aromatic nitrogens is 3. The molecule has 4 aromatic rings. The first-order valence-corrected chi connectivity index (χ1v) is 10.3. The molecule has 2 aromatic heterocycles. The average Bonchev–Trinajstić information content (AvgIpc) is 3.45. The van der Waals surface area contributed by atoms with E-state index >= 15 is 0 Å². The van der Waals surface area contributed by atoms with E-state index in [0.29, 0.717) is 16.1 Å². The normalized spacial score (nSPS) is 11.4. The van der Waals surface area contributed by atoms with Gasteiger partial charge in [0.2, 0.25) is 5.13 Å². The molecular formula is C22H17F3N4O2S. The van der Waals surface area contributed by atoms with Gasteiger partial charge < -0.3 is 10.1 Å². The Morgan fingerprint density at radius 2 is 1.84 bits per heavy atom. The summed E-state index contributed by atoms with van der Waals surface area (Å²) in [7, 11) is 1.54. The number of alkyl halides is 3. The predicted octanol–water partition coefficient (Wildman–Crippen LogP) is 4.95. The number of benzene rings is 2. The molecule has 0 atom stereocenters. The fourth-order valence-corrected chi connectivity index (χ4v) is 3.86. The van der Waals surface area contributed by atoms with Gasteiger partial charge in [0.25, 0.3) is 5.91 Å². The largest absolute Gasteiger partial charge is 0.497 e. The van der Waals surface area contributed by atoms with Gasteiger partial charge in [-0.25, -0.2) is 9.67 Å². The zero-order chi connectivity index (χ0) is 22.7. The molecule has 1 amide bonds. The molecule has 0 aliphatic heterocycles. The molecule has 0 bridgehead atoms. The third-order valence-corrected chi connectivity index (χ3v) is 5.45. The highest BCUT2D eigenvalue weighted by Crippen LogP contribution is 2.35. The van der Waals surface area contributed by atoms with Gasteiger partial charge in [-0.15, -0.1) is 11.3 Å². The fraction of sp³-hybridized carbons (Fsp3) is 0.136. The van der Waals surface area contributed by atoms with E-state index in [1.54, 1.807) is 61.0 Å². The predicted molar refractivity (Wildman–Crippen MR) is 114 cm³/mol. The summed E-state index contributed by atoms with van der Waals surface area (Å²) in [5.41, 5.74) is 0.250. The van der Waals surface area contributed by atoms with E-state index in [9.17, 15) is 18.0 Å². The maximum Gasteiger partial charge on any atom is 0.434 e. The van der Waals surface area contributed by atoms with E-state index in [4.69, 9.17) is 4.74 Å². The number of carbonyl (C=O) groups is 1. The quantitative estimate of drug-likeness (QED) is 0.444. The van der Waals surface area contributed by atoms with E-state index in [1.807, 2.05) is 6.07 Å². The van der Waals surface area contributed by atoms with Crippen LogP contribution in [0.1, 0.15) is 21.6 Å². The van der Waals surface area contributed by atoms with Crippen LogP contribution in [0.25, 0.3) is 16.4 Å². The first-order valence-electron chi connectivity index (χ1n) is 9.44. The molecule has 0 radical (unpaired) electrons. The second-order valence-electron chi connectivity index (χ2n) is 6.73. The Morgan fingerprint density at radius 3 is 2.50 bits per heavy atom. The molecule has 0 aliphatic carbocycles. The van der Waals surface area contributed by atoms with Crippen LogP contribution in [0.15, 0.2) is 66.2 Å². The highest BCUT2D eigenvalue weighted by Gasteiger charge is 2.41. The average molecular weight is 458 g/mol. The van der Waals surface area contributed by atoms with Gasteiger partial charge in [-0.05, 0) is 29.8 Å². The van der Waals surface area contributed by atoms with Gasteiger partial charge in [-0.3, -0.25) is 4.79 Å². The molecule has 0 fully saturated rings. The Hall–Kier alpha value is -3.66. The molecule has 4 rings (SSSR count). The molecule has 0 unspecified atom stereocenters. The molecule has 0 saturated heterocycles. The summed E-state index contributed by atoms with van der Waals surface area (Å²) < 4.78 is 47.4. The molecule has 2 aromatic carbocycles. The van der Waals surface area contributed by atoms with E-state index in [1.165, 1.54) is 0 Å². The third-order valence-electron chi connectivity index (χ3n) is 4.64. The SMILES string of the molecule is COc1ccc(-c2csc(-n3ncc(C(=O)NCc4ccccc4)c3C(F)(F)F)n2)cc1. The Kier molecular flexibility index (Phi) is 5.95. The number of amides is 1. The van der Waals surface area contributed by atoms with Crippen LogP contribution in [0.4, 0.5) is 13.2 Å². The summed E-state index contributed by atoms with van der Waals surface area (Å²) in [6.45, 7) is 0.0982. The highest BCUT2D eigenvalue weighted by atomic mass is 32.1. The molecule has 0 saturated carbocycles. The number of thiazole rings is 1. The Balaban J connectivity index is 1.63. The van der Waals surface area contributed by atoms with Crippen LogP contribution in [-0.2, 0) is 12.7 Å². The van der Waals surface area contributed by atoms with Crippen LogP contribution in [0.5, 0.6) is 5.75 Å². The van der Waals surface area contributed by atoms with Gasteiger partial charge in [-0.1, -0.05) is 30.3 Å². The van der Waals surface area contributed by atoms with E-state index in [-0.39, 0.29) is 11.7 Å². The molecule has 32 heavy (non-hydrogen) atoms. The van der Waals surface area contributed by atoms with Gasteiger partial charge in [0, 0.05) is 17.5 Å². The lowest BCUT2D eigenvalue weighted by atomic mass is 10.2. The fourth-order valence-electron chi connectivity index (χ4n) is 3.06. The van der Waals surface area contributed by atoms with Crippen LogP contribution in [0.2, 0.25) is 0 Å². The molecule has 2 heterocycles. The minimum atomic E-state index is -4.80. The lowest BCUT2D eigenvalue weighted by Crippen LogP contribution is -2.26. The van der Waals surface area contributed by atoms with Crippen LogP contribution in [-0.4, -0.2) is 27.8 Å². The second-order valence-corrected chi connectivity index (χ2v) is 7.57. The molecular weight excluding hydrogens is 441 g/mol. The van der Waals surface area contributed by atoms with Gasteiger partial charge in [0.1, 0.15) is 5.75 Å². The maximum atomic E-state index is 13.9. The number of hydrogen-bond acceptors (Lipinski definition) is 5. The number of nitrogens with one attached hydrogen (secondary N) is 1. The molecule has 10 heteroatoms. The van der Waals surface area contributed by atoms with E-state index in [0.717, 1.165) is 28.7 Å². The Labute approximate surface area is 185 Å². The van der Waals surface area contributed by atoms with Crippen molar-refractivity contribution in [2.75, 3.05) is 7.11 Å². The third kappa shape index (κ3) is 4.50. The van der Waals surface area contributed by atoms with Crippen molar-refractivity contribution in [1.82, 2.24) is 20.1 Å². The number of halogens is 3. The lowest BCUT2D eigenvalue weighted by molar-refractivity contribution is -0.143. The van der Waals surface area contributed by atoms with Crippen LogP contribution < -0.4 is 10.1 Å². The van der Waals surface area contributed by atoms with Crippen LogP contribution in [0, 0.1) is 0 Å². The minimum absolute atomic E-state index is 0.00486. The van der Waals surface area contributed by atoms with E-state index < -0.39 is 23.3 Å². The summed E-state index contributed by atoms with van der Waals surface area (Å²) in [4.78, 5) is 16.8. The highest BCUT2D eigenvalue weighted by molar-refractivity contribution is 7.12. The number of rotatable bonds is 6. The Bertz CT molecular complexity index is 1220. The van der Waals surface area contributed by atoms with Crippen molar-refractivity contribution in [3.63, 3.8) is 0 Å². The van der Waals surface area contributed by atoms with Crippen molar-refractivity contribution < 1.29 is 22.7 Å². The van der Waals surface area contributed by atoms with Crippen molar-refractivity contribution in [1.29, 1.82) is 0 Å². The van der Waals surface area contributed by atoms with Gasteiger partial charge in [0.15, 0.2) is 5.69 Å². The van der Waals surface area contributed by atoms with Crippen LogP contribution in [0.3, 0.4) is 0 Å². The first kappa shape index (κ1) is 21.6. The summed E-state index contributed by atoms with van der Waals surface area (Å²) in [5.74, 6) is -0.207. The van der Waals surface area contributed by atoms with Gasteiger partial charge in [0.05, 0.1) is 24.6 Å². The van der Waals surface area contributed by atoms with Crippen molar-refractivity contribution in [3.05, 3.63) is 83.0 Å². The van der Waals surface area contributed by atoms with Crippen molar-refractivity contribution in [2.24, 2.45) is 0 Å². The zero-order valence-electron chi connectivity index (χ0n) is 16.8. The summed E-state index contributed by atoms with van der Waals surface area (Å²) in [6, 6.07) is 15.9. The maximum absolute atomic E-state index is 13.9. The summed E-state index contributed by atoms with van der Waals surface area (Å²) in [6.07, 6.45) is -3.89. The molecule has 164 valence electrons. The molecule has 6 nitrogen and oxygen atoms in total. The number of carbonyl (C=O) groups excluding carboxylic acids is 1. The Morgan fingerprint density at radius 1 is 1.12 bits per heavy atom. The van der Waals surface area contributed by atoms with Crippen molar-refractivity contribution >= 4 is 17.2 Å². The smallest absolute Gasteiger partial charge is 0.434 e. The zero-order valence-corrected chi connectivity index (χ0v) is 17.6. The molecule has 0 aliphatic rings. The monoisotopic (exact) mass is 458 g/mol. The lowest BCUT2D eigenvalue weighted by Gasteiger charge is -2.11. The van der Waals surface area contributed by atoms with Crippen LogP contribution >= 0.6 is 11.3 Å². The number of nitrogens with zero attached hydrogens (tertiary/aromatic N) is 3. The minimum Gasteiger partial charge on any atom is -0.497 e. The topological polar surface area (TPSA) is 69.0 Å². The molecule has 0 spiro atoms. The van der Waals surface area contributed by atoms with Crippen molar-refractivity contribution in [3.8, 4) is 22.1 Å². The summed E-state index contributed by atoms with van der Waals surface area (Å²) >= 11 is 0.999. The first-order chi connectivity index (χ1) is 15.4. The molecule has 1 N–H and O–H groups in total. The number of methoxy groups -OCH3 is 1. The van der Waals surface area contributed by atoms with E-state index in [2.05, 4.69) is 15.4 Å². The number of ether oxygens (including phenoxy) is 1. The van der Waals surface area contributed by atoms with Gasteiger partial charge in [-0.2, -0.15) is 18.3 Å². The van der Waals surface area contributed by atoms with Crippen molar-refractivity contribution in [2.45, 2.75) is 12.7 Å². The van der Waals surface area contributed by atoms with Gasteiger partial charge >= 0.3 is 6.18 Å². The number of hydrogen-bond donors (Lipinski definition) is 1. The standard InChI is InChI=1S/C22H17F3N4O2S/c1-31-16-9-7-15(8-10-16)18-13-32-21(28-18)29-19(22(23,24)25)17(12-27-29)20(30)26-11-14-5-3-2-4-6-14/h2-10,12-13H,11H2,1H3,(H,26,30). The summed E-state index contributed by atoms with van der Waals surface area (Å²) in [5, 5.41) is 7.98.